The Labute approximate surface area is 306 Å². The van der Waals surface area contributed by atoms with Crippen molar-refractivity contribution in [2.75, 3.05) is 0 Å². The fourth-order valence-corrected chi connectivity index (χ4v) is 9.90. The maximum absolute atomic E-state index is 14.5. The molecule has 0 atom stereocenters. The van der Waals surface area contributed by atoms with Gasteiger partial charge >= 0.3 is 0 Å². The van der Waals surface area contributed by atoms with E-state index in [0.717, 1.165) is 48.3 Å². The molecule has 0 aliphatic rings. The number of rotatable bonds is 3. The van der Waals surface area contributed by atoms with Crippen molar-refractivity contribution in [3.05, 3.63) is 176 Å². The molecule has 0 spiro atoms. The standard InChI is InChI=1S/C48H28FN3S/c49-29-17-23-47-39(25-29)40-28-32(20-24-48(40)53-47)52-45-21-18-30(50-41-13-5-1-9-33(41)34-10-2-6-14-42(34)50)26-37(45)38-27-31(19-22-46(38)52)51-43-15-7-3-11-35(43)36-12-4-8-16-44(36)51/h1-28H. The van der Waals surface area contributed by atoms with Crippen molar-refractivity contribution >= 4 is 96.9 Å². The van der Waals surface area contributed by atoms with Crippen LogP contribution in [-0.2, 0) is 0 Å². The van der Waals surface area contributed by atoms with E-state index in [0.29, 0.717) is 0 Å². The molecule has 0 N–H and O–H groups in total. The number of benzene rings is 8. The summed E-state index contributed by atoms with van der Waals surface area (Å²) in [5, 5.41) is 9.33. The van der Waals surface area contributed by atoms with Crippen LogP contribution < -0.4 is 0 Å². The lowest BCUT2D eigenvalue weighted by Gasteiger charge is -2.11. The fraction of sp³-hybridized carbons (Fsp3) is 0. The molecule has 12 aromatic rings. The molecule has 3 nitrogen and oxygen atoms in total. The zero-order valence-corrected chi connectivity index (χ0v) is 29.1. The Morgan fingerprint density at radius 2 is 0.642 bits per heavy atom. The van der Waals surface area contributed by atoms with Crippen molar-refractivity contribution in [2.24, 2.45) is 0 Å². The van der Waals surface area contributed by atoms with Crippen molar-refractivity contribution in [1.82, 2.24) is 13.7 Å². The lowest BCUT2D eigenvalue weighted by atomic mass is 10.1. The number of fused-ring (bicyclic) bond motifs is 12. The second kappa shape index (κ2) is 10.7. The summed E-state index contributed by atoms with van der Waals surface area (Å²) in [5.41, 5.74) is 10.3. The van der Waals surface area contributed by atoms with Crippen LogP contribution in [0.3, 0.4) is 0 Å². The van der Waals surface area contributed by atoms with Gasteiger partial charge in [-0.2, -0.15) is 0 Å². The first-order valence-electron chi connectivity index (χ1n) is 17.9. The monoisotopic (exact) mass is 697 g/mol. The summed E-state index contributed by atoms with van der Waals surface area (Å²) in [5.74, 6) is -0.213. The van der Waals surface area contributed by atoms with Gasteiger partial charge in [-0.3, -0.25) is 0 Å². The Balaban J connectivity index is 1.18. The summed E-state index contributed by atoms with van der Waals surface area (Å²) >= 11 is 1.71. The molecule has 0 aliphatic carbocycles. The minimum atomic E-state index is -0.213. The molecule has 4 heterocycles. The minimum absolute atomic E-state index is 0.213. The van der Waals surface area contributed by atoms with E-state index in [2.05, 4.69) is 165 Å². The molecule has 0 saturated heterocycles. The average molecular weight is 698 g/mol. The summed E-state index contributed by atoms with van der Waals surface area (Å²) in [6, 6.07) is 60.2. The molecule has 53 heavy (non-hydrogen) atoms. The Hall–Kier alpha value is -6.69. The molecule has 5 heteroatoms. The van der Waals surface area contributed by atoms with Crippen LogP contribution in [-0.4, -0.2) is 13.7 Å². The molecule has 0 unspecified atom stereocenters. The zero-order valence-electron chi connectivity index (χ0n) is 28.3. The molecule has 8 aromatic carbocycles. The SMILES string of the molecule is Fc1ccc2sc3ccc(-n4c5ccc(-n6c7ccccc7c7ccccc76)cc5c5cc(-n6c7ccccc7c7ccccc76)ccc54)cc3c2c1. The first-order chi connectivity index (χ1) is 26.2. The number of thiophene rings is 1. The molecule has 0 amide bonds. The molecule has 0 saturated carbocycles. The third kappa shape index (κ3) is 4.03. The molecule has 0 aliphatic heterocycles. The van der Waals surface area contributed by atoms with Crippen LogP contribution in [0, 0.1) is 5.82 Å². The van der Waals surface area contributed by atoms with Gasteiger partial charge in [0.1, 0.15) is 5.82 Å². The van der Waals surface area contributed by atoms with Crippen LogP contribution in [0.4, 0.5) is 4.39 Å². The van der Waals surface area contributed by atoms with E-state index >= 15 is 0 Å². The zero-order chi connectivity index (χ0) is 34.8. The van der Waals surface area contributed by atoms with E-state index in [1.54, 1.807) is 23.5 Å². The van der Waals surface area contributed by atoms with Crippen molar-refractivity contribution in [1.29, 1.82) is 0 Å². The van der Waals surface area contributed by atoms with Crippen LogP contribution in [0.25, 0.3) is 103 Å². The van der Waals surface area contributed by atoms with Gasteiger partial charge in [-0.15, -0.1) is 11.3 Å². The van der Waals surface area contributed by atoms with E-state index in [1.807, 2.05) is 6.07 Å². The Morgan fingerprint density at radius 3 is 1.09 bits per heavy atom. The van der Waals surface area contributed by atoms with Gasteiger partial charge in [0.05, 0.1) is 33.1 Å². The van der Waals surface area contributed by atoms with Crippen LogP contribution >= 0.6 is 11.3 Å². The maximum Gasteiger partial charge on any atom is 0.123 e. The van der Waals surface area contributed by atoms with Crippen molar-refractivity contribution in [3.8, 4) is 17.1 Å². The van der Waals surface area contributed by atoms with Gasteiger partial charge in [0.25, 0.3) is 0 Å². The summed E-state index contributed by atoms with van der Waals surface area (Å²) < 4.78 is 23.9. The highest BCUT2D eigenvalue weighted by Crippen LogP contribution is 2.41. The van der Waals surface area contributed by atoms with Gasteiger partial charge in [0.2, 0.25) is 0 Å². The van der Waals surface area contributed by atoms with Gasteiger partial charge in [-0.05, 0) is 97.1 Å². The smallest absolute Gasteiger partial charge is 0.123 e. The number of hydrogen-bond acceptors (Lipinski definition) is 1. The predicted molar refractivity (Wildman–Crippen MR) is 222 cm³/mol. The lowest BCUT2D eigenvalue weighted by molar-refractivity contribution is 0.630. The van der Waals surface area contributed by atoms with Crippen LogP contribution in [0.2, 0.25) is 0 Å². The second-order valence-electron chi connectivity index (χ2n) is 13.9. The van der Waals surface area contributed by atoms with Gasteiger partial charge in [0, 0.05) is 69.6 Å². The third-order valence-electron chi connectivity index (χ3n) is 11.1. The van der Waals surface area contributed by atoms with Crippen LogP contribution in [0.1, 0.15) is 0 Å². The normalized spacial score (nSPS) is 12.2. The number of para-hydroxylation sites is 4. The highest BCUT2D eigenvalue weighted by atomic mass is 32.1. The van der Waals surface area contributed by atoms with E-state index < -0.39 is 0 Å². The van der Waals surface area contributed by atoms with Gasteiger partial charge in [-0.1, -0.05) is 72.8 Å². The third-order valence-corrected chi connectivity index (χ3v) is 12.2. The molecule has 0 fully saturated rings. The van der Waals surface area contributed by atoms with Gasteiger partial charge < -0.3 is 13.7 Å². The average Bonchev–Trinajstić information content (AvgIpc) is 3.93. The molecule has 0 bridgehead atoms. The topological polar surface area (TPSA) is 14.8 Å². The number of aromatic nitrogens is 3. The molecule has 0 radical (unpaired) electrons. The molecule has 248 valence electrons. The lowest BCUT2D eigenvalue weighted by Crippen LogP contribution is -1.96. The first kappa shape index (κ1) is 28.9. The predicted octanol–water partition coefficient (Wildman–Crippen LogP) is 13.5. The van der Waals surface area contributed by atoms with E-state index in [-0.39, 0.29) is 5.82 Å². The van der Waals surface area contributed by atoms with Crippen molar-refractivity contribution in [2.45, 2.75) is 0 Å². The van der Waals surface area contributed by atoms with Crippen LogP contribution in [0.5, 0.6) is 0 Å². The molecule has 4 aromatic heterocycles. The second-order valence-corrected chi connectivity index (χ2v) is 15.0. The first-order valence-corrected chi connectivity index (χ1v) is 18.7. The summed E-state index contributed by atoms with van der Waals surface area (Å²) in [6.07, 6.45) is 0. The summed E-state index contributed by atoms with van der Waals surface area (Å²) in [4.78, 5) is 0. The Bertz CT molecular complexity index is 3210. The summed E-state index contributed by atoms with van der Waals surface area (Å²) in [7, 11) is 0. The molecule has 12 rings (SSSR count). The Kier molecular flexibility index (Phi) is 5.83. The summed E-state index contributed by atoms with van der Waals surface area (Å²) in [6.45, 7) is 0. The van der Waals surface area contributed by atoms with Crippen molar-refractivity contribution < 1.29 is 4.39 Å². The highest BCUT2D eigenvalue weighted by molar-refractivity contribution is 7.25. The number of halogens is 1. The molecular weight excluding hydrogens is 670 g/mol. The fourth-order valence-electron chi connectivity index (χ4n) is 8.83. The number of hydrogen-bond donors (Lipinski definition) is 0. The van der Waals surface area contributed by atoms with E-state index in [4.69, 9.17) is 0 Å². The highest BCUT2D eigenvalue weighted by Gasteiger charge is 2.19. The molecular formula is C48H28FN3S. The Morgan fingerprint density at radius 1 is 0.302 bits per heavy atom. The minimum Gasteiger partial charge on any atom is -0.309 e. The largest absolute Gasteiger partial charge is 0.309 e. The van der Waals surface area contributed by atoms with Gasteiger partial charge in [0.15, 0.2) is 0 Å². The van der Waals surface area contributed by atoms with Gasteiger partial charge in [-0.25, -0.2) is 4.39 Å². The van der Waals surface area contributed by atoms with E-state index in [1.165, 1.54) is 54.4 Å². The van der Waals surface area contributed by atoms with Crippen molar-refractivity contribution in [3.63, 3.8) is 0 Å². The quantitative estimate of drug-likeness (QED) is 0.175. The van der Waals surface area contributed by atoms with E-state index in [9.17, 15) is 4.39 Å². The maximum atomic E-state index is 14.5. The number of nitrogens with zero attached hydrogens (tertiary/aromatic N) is 3. The van der Waals surface area contributed by atoms with Crippen LogP contribution in [0.15, 0.2) is 170 Å².